The third-order valence-corrected chi connectivity index (χ3v) is 2.90. The van der Waals surface area contributed by atoms with E-state index in [0.29, 0.717) is 6.01 Å². The van der Waals surface area contributed by atoms with Gasteiger partial charge in [0, 0.05) is 18.4 Å². The van der Waals surface area contributed by atoms with Gasteiger partial charge in [-0.1, -0.05) is 0 Å². The van der Waals surface area contributed by atoms with Gasteiger partial charge in [0.1, 0.15) is 0 Å². The van der Waals surface area contributed by atoms with E-state index in [4.69, 9.17) is 4.74 Å². The average molecular weight is 218 g/mol. The monoisotopic (exact) mass is 218 g/mol. The van der Waals surface area contributed by atoms with E-state index in [-0.39, 0.29) is 0 Å². The standard InChI is InChI=1S/C11H14N4O/c1-16-11-12-6-10(7-13-11)15-5-4-14(8-15)9-2-3-9/h4-7,9H,2-3,8H2,1H3. The third kappa shape index (κ3) is 1.68. The van der Waals surface area contributed by atoms with Crippen molar-refractivity contribution in [2.45, 2.75) is 18.9 Å². The highest BCUT2D eigenvalue weighted by molar-refractivity contribution is 5.47. The van der Waals surface area contributed by atoms with Gasteiger partial charge in [0.15, 0.2) is 0 Å². The Balaban J connectivity index is 1.70. The molecule has 2 aliphatic rings. The van der Waals surface area contributed by atoms with Gasteiger partial charge in [0.2, 0.25) is 0 Å². The van der Waals surface area contributed by atoms with Crippen molar-refractivity contribution in [2.75, 3.05) is 18.7 Å². The summed E-state index contributed by atoms with van der Waals surface area (Å²) in [5, 5.41) is 0. The first-order valence-electron chi connectivity index (χ1n) is 5.43. The highest BCUT2D eigenvalue weighted by Gasteiger charge is 2.30. The van der Waals surface area contributed by atoms with Gasteiger partial charge in [-0.25, -0.2) is 9.97 Å². The van der Waals surface area contributed by atoms with Gasteiger partial charge in [0.05, 0.1) is 31.9 Å². The normalized spacial score (nSPS) is 19.3. The number of ether oxygens (including phenoxy) is 1. The van der Waals surface area contributed by atoms with E-state index in [1.165, 1.54) is 12.8 Å². The summed E-state index contributed by atoms with van der Waals surface area (Å²) in [6, 6.07) is 1.16. The quantitative estimate of drug-likeness (QED) is 0.762. The highest BCUT2D eigenvalue weighted by atomic mass is 16.5. The van der Waals surface area contributed by atoms with E-state index in [2.05, 4.69) is 32.2 Å². The van der Waals surface area contributed by atoms with Crippen LogP contribution in [0.3, 0.4) is 0 Å². The first-order chi connectivity index (χ1) is 7.86. The van der Waals surface area contributed by atoms with Crippen LogP contribution in [0.2, 0.25) is 0 Å². The van der Waals surface area contributed by atoms with E-state index in [9.17, 15) is 0 Å². The van der Waals surface area contributed by atoms with Crippen molar-refractivity contribution in [3.63, 3.8) is 0 Å². The molecule has 1 saturated carbocycles. The maximum atomic E-state index is 4.93. The second kappa shape index (κ2) is 3.66. The first kappa shape index (κ1) is 9.45. The molecule has 0 aromatic carbocycles. The van der Waals surface area contributed by atoms with E-state index < -0.39 is 0 Å². The molecule has 1 fully saturated rings. The fourth-order valence-corrected chi connectivity index (χ4v) is 1.81. The summed E-state index contributed by atoms with van der Waals surface area (Å²) in [5.41, 5.74) is 1.00. The minimum absolute atomic E-state index is 0.408. The summed E-state index contributed by atoms with van der Waals surface area (Å²) in [5.74, 6) is 0. The molecule has 0 saturated heterocycles. The van der Waals surface area contributed by atoms with Gasteiger partial charge in [-0.05, 0) is 12.8 Å². The topological polar surface area (TPSA) is 41.5 Å². The molecule has 0 bridgehead atoms. The molecule has 16 heavy (non-hydrogen) atoms. The lowest BCUT2D eigenvalue weighted by Gasteiger charge is -2.20. The predicted molar refractivity (Wildman–Crippen MR) is 59.9 cm³/mol. The Morgan fingerprint density at radius 3 is 2.62 bits per heavy atom. The molecule has 5 heteroatoms. The molecule has 84 valence electrons. The van der Waals surface area contributed by atoms with Gasteiger partial charge in [-0.15, -0.1) is 0 Å². The Morgan fingerprint density at radius 2 is 2.00 bits per heavy atom. The Hall–Kier alpha value is -1.78. The Morgan fingerprint density at radius 1 is 1.25 bits per heavy atom. The number of rotatable bonds is 3. The zero-order valence-electron chi connectivity index (χ0n) is 9.21. The molecule has 0 unspecified atom stereocenters. The molecule has 0 spiro atoms. The van der Waals surface area contributed by atoms with Crippen LogP contribution < -0.4 is 9.64 Å². The summed E-state index contributed by atoms with van der Waals surface area (Å²) in [4.78, 5) is 12.7. The Labute approximate surface area is 94.4 Å². The molecule has 0 N–H and O–H groups in total. The van der Waals surface area contributed by atoms with Crippen LogP contribution in [0.5, 0.6) is 6.01 Å². The summed E-state index contributed by atoms with van der Waals surface area (Å²) in [6.45, 7) is 0.903. The van der Waals surface area contributed by atoms with Gasteiger partial charge in [-0.2, -0.15) is 0 Å². The number of hydrogen-bond donors (Lipinski definition) is 0. The largest absolute Gasteiger partial charge is 0.467 e. The molecule has 0 radical (unpaired) electrons. The summed E-state index contributed by atoms with van der Waals surface area (Å²) in [7, 11) is 1.57. The second-order valence-electron chi connectivity index (χ2n) is 4.08. The first-order valence-corrected chi connectivity index (χ1v) is 5.43. The van der Waals surface area contributed by atoms with Crippen molar-refractivity contribution in [2.24, 2.45) is 0 Å². The minimum Gasteiger partial charge on any atom is -0.467 e. The van der Waals surface area contributed by atoms with E-state index in [1.54, 1.807) is 19.5 Å². The van der Waals surface area contributed by atoms with Crippen molar-refractivity contribution in [1.29, 1.82) is 0 Å². The molecule has 0 atom stereocenters. The van der Waals surface area contributed by atoms with Gasteiger partial charge < -0.3 is 14.5 Å². The van der Waals surface area contributed by atoms with Gasteiger partial charge in [0.25, 0.3) is 0 Å². The third-order valence-electron chi connectivity index (χ3n) is 2.90. The van der Waals surface area contributed by atoms with E-state index in [1.807, 2.05) is 0 Å². The number of anilines is 1. The predicted octanol–water partition coefficient (Wildman–Crippen LogP) is 1.20. The summed E-state index contributed by atoms with van der Waals surface area (Å²) in [6.07, 6.45) is 10.4. The minimum atomic E-state index is 0.408. The molecule has 1 aliphatic heterocycles. The maximum Gasteiger partial charge on any atom is 0.316 e. The van der Waals surface area contributed by atoms with Crippen LogP contribution in [0.15, 0.2) is 24.8 Å². The molecule has 1 aromatic rings. The number of methoxy groups -OCH3 is 1. The maximum absolute atomic E-state index is 4.93. The van der Waals surface area contributed by atoms with E-state index >= 15 is 0 Å². The lowest BCUT2D eigenvalue weighted by molar-refractivity contribution is 0.379. The van der Waals surface area contributed by atoms with Crippen molar-refractivity contribution < 1.29 is 4.74 Å². The Kier molecular flexibility index (Phi) is 2.16. The number of aromatic nitrogens is 2. The molecule has 3 rings (SSSR count). The zero-order chi connectivity index (χ0) is 11.0. The Bertz CT molecular complexity index is 399. The molecule has 5 nitrogen and oxygen atoms in total. The fraction of sp³-hybridized carbons (Fsp3) is 0.455. The van der Waals surface area contributed by atoms with Crippen LogP contribution >= 0.6 is 0 Å². The lowest BCUT2D eigenvalue weighted by Crippen LogP contribution is -2.26. The van der Waals surface area contributed by atoms with Crippen LogP contribution in [-0.2, 0) is 0 Å². The molecule has 1 aliphatic carbocycles. The van der Waals surface area contributed by atoms with Gasteiger partial charge >= 0.3 is 6.01 Å². The van der Waals surface area contributed by atoms with Crippen LogP contribution in [0.4, 0.5) is 5.69 Å². The fourth-order valence-electron chi connectivity index (χ4n) is 1.81. The number of nitrogens with zero attached hydrogens (tertiary/aromatic N) is 4. The van der Waals surface area contributed by atoms with Crippen molar-refractivity contribution in [3.05, 3.63) is 24.8 Å². The SMILES string of the molecule is COc1ncc(N2C=CN(C3CC3)C2)cn1. The number of hydrogen-bond acceptors (Lipinski definition) is 5. The van der Waals surface area contributed by atoms with Crippen LogP contribution in [0.1, 0.15) is 12.8 Å². The van der Waals surface area contributed by atoms with Crippen LogP contribution in [0, 0.1) is 0 Å². The molecule has 0 amide bonds. The van der Waals surface area contributed by atoms with Crippen LogP contribution in [-0.4, -0.2) is 34.7 Å². The van der Waals surface area contributed by atoms with Crippen molar-refractivity contribution in [3.8, 4) is 6.01 Å². The second-order valence-corrected chi connectivity index (χ2v) is 4.08. The molecule has 1 aromatic heterocycles. The van der Waals surface area contributed by atoms with Crippen molar-refractivity contribution in [1.82, 2.24) is 14.9 Å². The smallest absolute Gasteiger partial charge is 0.316 e. The van der Waals surface area contributed by atoms with E-state index in [0.717, 1.165) is 18.4 Å². The molecular weight excluding hydrogens is 204 g/mol. The van der Waals surface area contributed by atoms with Crippen LogP contribution in [0.25, 0.3) is 0 Å². The summed E-state index contributed by atoms with van der Waals surface area (Å²) < 4.78 is 4.93. The highest BCUT2D eigenvalue weighted by Crippen LogP contribution is 2.30. The summed E-state index contributed by atoms with van der Waals surface area (Å²) >= 11 is 0. The average Bonchev–Trinajstić information content (AvgIpc) is 3.08. The molecular formula is C11H14N4O. The molecule has 2 heterocycles. The lowest BCUT2D eigenvalue weighted by atomic mass is 10.5. The van der Waals surface area contributed by atoms with Crippen molar-refractivity contribution >= 4 is 5.69 Å². The van der Waals surface area contributed by atoms with Gasteiger partial charge in [-0.3, -0.25) is 0 Å². The zero-order valence-corrected chi connectivity index (χ0v) is 9.21.